The molecule has 2 aromatic heterocycles. The molecule has 2 aromatic rings. The second-order valence-electron chi connectivity index (χ2n) is 4.06. The third-order valence-corrected chi connectivity index (χ3v) is 2.72. The lowest BCUT2D eigenvalue weighted by atomic mass is 10.1. The molecule has 0 aliphatic rings. The molecule has 0 N–H and O–H groups in total. The molecule has 0 fully saturated rings. The van der Waals surface area contributed by atoms with Crippen molar-refractivity contribution in [1.82, 2.24) is 14.8 Å². The molecule has 18 heavy (non-hydrogen) atoms. The summed E-state index contributed by atoms with van der Waals surface area (Å²) in [6.07, 6.45) is 1.52. The average molecular weight is 240 g/mol. The summed E-state index contributed by atoms with van der Waals surface area (Å²) >= 11 is 0. The Bertz CT molecular complexity index is 647. The minimum Gasteiger partial charge on any atom is -0.287 e. The summed E-state index contributed by atoms with van der Waals surface area (Å²) in [7, 11) is 1.66. The van der Waals surface area contributed by atoms with E-state index >= 15 is 0 Å². The SMILES string of the molecule is Cc1ccc(C(=O)c2c(C#N)c(C)nn2C)cn1. The molecule has 2 rings (SSSR count). The molecule has 0 aromatic carbocycles. The van der Waals surface area contributed by atoms with Crippen molar-refractivity contribution in [2.45, 2.75) is 13.8 Å². The van der Waals surface area contributed by atoms with Crippen LogP contribution in [0.4, 0.5) is 0 Å². The Hall–Kier alpha value is -2.48. The summed E-state index contributed by atoms with van der Waals surface area (Å²) in [5.74, 6) is -0.234. The molecule has 0 spiro atoms. The first-order valence-corrected chi connectivity index (χ1v) is 5.45. The molecule has 0 saturated carbocycles. The maximum absolute atomic E-state index is 12.3. The Morgan fingerprint density at radius 1 is 1.39 bits per heavy atom. The maximum Gasteiger partial charge on any atom is 0.213 e. The predicted molar refractivity (Wildman–Crippen MR) is 65.1 cm³/mol. The van der Waals surface area contributed by atoms with Gasteiger partial charge in [-0.1, -0.05) is 0 Å². The van der Waals surface area contributed by atoms with Crippen LogP contribution in [0.15, 0.2) is 18.3 Å². The Morgan fingerprint density at radius 3 is 2.67 bits per heavy atom. The van der Waals surface area contributed by atoms with Gasteiger partial charge in [0, 0.05) is 24.5 Å². The number of ketones is 1. The number of aromatic nitrogens is 3. The molecule has 5 heteroatoms. The standard InChI is InChI=1S/C13H12N4O/c1-8-4-5-10(7-15-8)13(18)12-11(6-14)9(2)16-17(12)3/h4-5,7H,1-3H3. The van der Waals surface area contributed by atoms with Gasteiger partial charge in [0.15, 0.2) is 0 Å². The number of nitrogens with zero attached hydrogens (tertiary/aromatic N) is 4. The zero-order chi connectivity index (χ0) is 13.3. The summed E-state index contributed by atoms with van der Waals surface area (Å²) in [6.45, 7) is 3.56. The van der Waals surface area contributed by atoms with Crippen LogP contribution in [0.3, 0.4) is 0 Å². The molecule has 0 unspecified atom stereocenters. The monoisotopic (exact) mass is 240 g/mol. The van der Waals surface area contributed by atoms with Crippen molar-refractivity contribution in [3.63, 3.8) is 0 Å². The normalized spacial score (nSPS) is 10.1. The van der Waals surface area contributed by atoms with Crippen molar-refractivity contribution in [3.8, 4) is 6.07 Å². The minimum atomic E-state index is -0.234. The van der Waals surface area contributed by atoms with Crippen molar-refractivity contribution in [2.75, 3.05) is 0 Å². The maximum atomic E-state index is 12.3. The Morgan fingerprint density at radius 2 is 2.11 bits per heavy atom. The summed E-state index contributed by atoms with van der Waals surface area (Å²) < 4.78 is 1.44. The molecule has 0 amide bonds. The highest BCUT2D eigenvalue weighted by atomic mass is 16.1. The fraction of sp³-hybridized carbons (Fsp3) is 0.231. The summed E-state index contributed by atoms with van der Waals surface area (Å²) in [4.78, 5) is 16.4. The van der Waals surface area contributed by atoms with E-state index in [9.17, 15) is 4.79 Å². The third-order valence-electron chi connectivity index (χ3n) is 2.72. The number of nitriles is 1. The molecule has 90 valence electrons. The molecule has 0 aliphatic carbocycles. The van der Waals surface area contributed by atoms with Crippen molar-refractivity contribution < 1.29 is 4.79 Å². The number of rotatable bonds is 2. The molecule has 2 heterocycles. The number of carbonyl (C=O) groups excluding carboxylic acids is 1. The van der Waals surface area contributed by atoms with Crippen LogP contribution < -0.4 is 0 Å². The lowest BCUT2D eigenvalue weighted by Crippen LogP contribution is -2.10. The summed E-state index contributed by atoms with van der Waals surface area (Å²) in [6, 6.07) is 5.49. The van der Waals surface area contributed by atoms with Crippen LogP contribution in [0.1, 0.15) is 33.0 Å². The Kier molecular flexibility index (Phi) is 2.94. The fourth-order valence-corrected chi connectivity index (χ4v) is 1.79. The minimum absolute atomic E-state index is 0.234. The van der Waals surface area contributed by atoms with E-state index in [2.05, 4.69) is 10.1 Å². The van der Waals surface area contributed by atoms with E-state index in [4.69, 9.17) is 5.26 Å². The van der Waals surface area contributed by atoms with Gasteiger partial charge in [0.2, 0.25) is 5.78 Å². The van der Waals surface area contributed by atoms with Crippen LogP contribution in [-0.2, 0) is 7.05 Å². The van der Waals surface area contributed by atoms with Crippen LogP contribution in [0, 0.1) is 25.2 Å². The first-order chi connectivity index (χ1) is 8.54. The molecular formula is C13H12N4O. The van der Waals surface area contributed by atoms with Gasteiger partial charge in [-0.3, -0.25) is 14.5 Å². The smallest absolute Gasteiger partial charge is 0.213 e. The van der Waals surface area contributed by atoms with Crippen LogP contribution in [0.5, 0.6) is 0 Å². The van der Waals surface area contributed by atoms with Gasteiger partial charge in [-0.15, -0.1) is 0 Å². The van der Waals surface area contributed by atoms with E-state index in [0.29, 0.717) is 22.5 Å². The Balaban J connectivity index is 2.53. The van der Waals surface area contributed by atoms with Crippen LogP contribution in [0.2, 0.25) is 0 Å². The van der Waals surface area contributed by atoms with Crippen LogP contribution in [-0.4, -0.2) is 20.5 Å². The van der Waals surface area contributed by atoms with E-state index in [0.717, 1.165) is 5.69 Å². The van der Waals surface area contributed by atoms with Gasteiger partial charge in [-0.05, 0) is 26.0 Å². The van der Waals surface area contributed by atoms with Crippen molar-refractivity contribution in [3.05, 3.63) is 46.5 Å². The molecule has 0 atom stereocenters. The molecular weight excluding hydrogens is 228 g/mol. The topological polar surface area (TPSA) is 71.6 Å². The van der Waals surface area contributed by atoms with E-state index in [1.165, 1.54) is 10.9 Å². The zero-order valence-electron chi connectivity index (χ0n) is 10.4. The van der Waals surface area contributed by atoms with Crippen LogP contribution >= 0.6 is 0 Å². The van der Waals surface area contributed by atoms with Gasteiger partial charge in [-0.2, -0.15) is 10.4 Å². The Labute approximate surface area is 105 Å². The van der Waals surface area contributed by atoms with Gasteiger partial charge in [0.05, 0.1) is 5.69 Å². The largest absolute Gasteiger partial charge is 0.287 e. The van der Waals surface area contributed by atoms with E-state index in [1.807, 2.05) is 13.0 Å². The molecule has 0 bridgehead atoms. The lowest BCUT2D eigenvalue weighted by molar-refractivity contribution is 0.102. The molecule has 5 nitrogen and oxygen atoms in total. The summed E-state index contributed by atoms with van der Waals surface area (Å²) in [5.41, 5.74) is 2.49. The quantitative estimate of drug-likeness (QED) is 0.746. The lowest BCUT2D eigenvalue weighted by Gasteiger charge is -2.02. The number of hydrogen-bond acceptors (Lipinski definition) is 4. The van der Waals surface area contributed by atoms with Crippen molar-refractivity contribution in [2.24, 2.45) is 7.05 Å². The second kappa shape index (κ2) is 4.41. The van der Waals surface area contributed by atoms with Gasteiger partial charge in [0.25, 0.3) is 0 Å². The number of hydrogen-bond donors (Lipinski definition) is 0. The fourth-order valence-electron chi connectivity index (χ4n) is 1.79. The number of pyridine rings is 1. The van der Waals surface area contributed by atoms with Crippen molar-refractivity contribution >= 4 is 5.78 Å². The highest BCUT2D eigenvalue weighted by Crippen LogP contribution is 2.16. The van der Waals surface area contributed by atoms with Gasteiger partial charge < -0.3 is 0 Å². The number of carbonyl (C=O) groups is 1. The van der Waals surface area contributed by atoms with Gasteiger partial charge >= 0.3 is 0 Å². The van der Waals surface area contributed by atoms with E-state index < -0.39 is 0 Å². The second-order valence-corrected chi connectivity index (χ2v) is 4.06. The summed E-state index contributed by atoms with van der Waals surface area (Å²) in [5, 5.41) is 13.2. The third kappa shape index (κ3) is 1.89. The van der Waals surface area contributed by atoms with E-state index in [-0.39, 0.29) is 5.78 Å². The van der Waals surface area contributed by atoms with Crippen molar-refractivity contribution in [1.29, 1.82) is 5.26 Å². The highest BCUT2D eigenvalue weighted by molar-refractivity contribution is 6.09. The zero-order valence-corrected chi connectivity index (χ0v) is 10.4. The number of aryl methyl sites for hydroxylation is 3. The van der Waals surface area contributed by atoms with Crippen LogP contribution in [0.25, 0.3) is 0 Å². The molecule has 0 aliphatic heterocycles. The van der Waals surface area contributed by atoms with Gasteiger partial charge in [-0.25, -0.2) is 0 Å². The molecule has 0 radical (unpaired) electrons. The first-order valence-electron chi connectivity index (χ1n) is 5.45. The highest BCUT2D eigenvalue weighted by Gasteiger charge is 2.21. The predicted octanol–water partition coefficient (Wildman–Crippen LogP) is 1.53. The molecule has 0 saturated heterocycles. The average Bonchev–Trinajstić information content (AvgIpc) is 2.63. The van der Waals surface area contributed by atoms with E-state index in [1.54, 1.807) is 26.1 Å². The van der Waals surface area contributed by atoms with Gasteiger partial charge in [0.1, 0.15) is 17.3 Å². The first kappa shape index (κ1) is 12.0.